The number of phosphoric acid groups is 1. The van der Waals surface area contributed by atoms with Gasteiger partial charge >= 0.3 is 19.8 Å². The topological polar surface area (TPSA) is 210 Å². The zero-order valence-electron chi connectivity index (χ0n) is 36.2. The fourth-order valence-corrected chi connectivity index (χ4v) is 6.13. The highest BCUT2D eigenvalue weighted by atomic mass is 31.2. The molecule has 14 heteroatoms. The van der Waals surface area contributed by atoms with Crippen LogP contribution in [-0.2, 0) is 32.7 Å². The summed E-state index contributed by atoms with van der Waals surface area (Å²) in [6.45, 7) is 1.83. The van der Waals surface area contributed by atoms with Crippen molar-refractivity contribution in [2.45, 2.75) is 166 Å². The summed E-state index contributed by atoms with van der Waals surface area (Å²) in [5.74, 6) is -1.17. The molecule has 0 aliphatic heterocycles. The minimum absolute atomic E-state index is 0.0623. The van der Waals surface area contributed by atoms with E-state index in [1.165, 1.54) is 44.6 Å². The third-order valence-electron chi connectivity index (χ3n) is 8.87. The number of hydrogen-bond donors (Lipinski definition) is 6. The van der Waals surface area contributed by atoms with Gasteiger partial charge in [0.2, 0.25) is 0 Å². The van der Waals surface area contributed by atoms with Crippen molar-refractivity contribution in [3.63, 3.8) is 0 Å². The van der Waals surface area contributed by atoms with Crippen molar-refractivity contribution < 1.29 is 63.1 Å². The van der Waals surface area contributed by atoms with Crippen molar-refractivity contribution in [2.75, 3.05) is 26.4 Å². The molecule has 0 amide bonds. The van der Waals surface area contributed by atoms with Crippen LogP contribution in [0.15, 0.2) is 85.1 Å². The van der Waals surface area contributed by atoms with E-state index in [4.69, 9.17) is 19.1 Å². The van der Waals surface area contributed by atoms with Gasteiger partial charge in [-0.3, -0.25) is 18.6 Å². The lowest BCUT2D eigenvalue weighted by Crippen LogP contribution is -2.29. The Morgan fingerprint density at radius 3 is 1.82 bits per heavy atom. The fraction of sp³-hybridized carbons (Fsp3) is 0.652. The van der Waals surface area contributed by atoms with Gasteiger partial charge in [-0.1, -0.05) is 150 Å². The molecule has 0 aromatic rings. The maximum Gasteiger partial charge on any atom is 0.472 e. The first kappa shape index (κ1) is 57.0. The zero-order chi connectivity index (χ0) is 44.5. The Morgan fingerprint density at radius 2 is 1.17 bits per heavy atom. The molecule has 0 fully saturated rings. The van der Waals surface area contributed by atoms with E-state index in [9.17, 15) is 39.5 Å². The Morgan fingerprint density at radius 1 is 0.600 bits per heavy atom. The Balaban J connectivity index is 4.64. The van der Waals surface area contributed by atoms with Crippen molar-refractivity contribution in [2.24, 2.45) is 0 Å². The van der Waals surface area contributed by atoms with Gasteiger partial charge in [0.25, 0.3) is 0 Å². The number of aliphatic hydroxyl groups is 5. The largest absolute Gasteiger partial charge is 0.472 e. The first-order valence-corrected chi connectivity index (χ1v) is 23.4. The van der Waals surface area contributed by atoms with E-state index in [1.54, 1.807) is 54.7 Å². The monoisotopic (exact) mass is 869 g/mol. The molecule has 0 aliphatic carbocycles. The normalized spacial score (nSPS) is 16.2. The quantitative estimate of drug-likeness (QED) is 0.0113. The van der Waals surface area contributed by atoms with Crippen molar-refractivity contribution >= 4 is 19.8 Å². The molecule has 13 nitrogen and oxygen atoms in total. The van der Waals surface area contributed by atoms with Gasteiger partial charge in [0.1, 0.15) is 12.7 Å². The van der Waals surface area contributed by atoms with Crippen LogP contribution < -0.4 is 0 Å². The standard InChI is InChI=1S/C46H77O13P/c1-3-5-7-8-9-10-11-12-13-14-15-16-17-22-28-34-45(52)56-38-42(39-58-60(54,55)57-37-41(49)36-47)59-46(53)35-29-23-26-31-40(48)30-25-20-18-19-21-27-33-44(51)43(50)32-24-6-4-2/h6,12-13,18-21,23-27,30,33,40-44,47-51H,3-5,7-11,14-17,22,28-29,31-32,34-39H2,1-2H3,(H,54,55)/b13-12-,20-18+,21-19-,24-6-,26-23+,30-25+,33-27+. The molecule has 6 N–H and O–H groups in total. The number of phosphoric ester groups is 1. The SMILES string of the molecule is CC/C=C\CC(O)C(O)/C=C/C=C\C=C\C=C\C(O)C/C=C/CCC(=O)OC(COC(=O)CCCCCCC/C=C\CCCCCCCC)COP(=O)(O)OCC(O)CO. The van der Waals surface area contributed by atoms with Crippen LogP contribution in [0.3, 0.4) is 0 Å². The Bertz CT molecular complexity index is 1320. The van der Waals surface area contributed by atoms with Gasteiger partial charge in [0, 0.05) is 12.8 Å². The van der Waals surface area contributed by atoms with Gasteiger partial charge in [-0.15, -0.1) is 0 Å². The van der Waals surface area contributed by atoms with E-state index in [1.807, 2.05) is 19.1 Å². The van der Waals surface area contributed by atoms with Crippen LogP contribution in [0, 0.1) is 0 Å². The van der Waals surface area contributed by atoms with E-state index < -0.39 is 76.7 Å². The lowest BCUT2D eigenvalue weighted by molar-refractivity contribution is -0.161. The van der Waals surface area contributed by atoms with Gasteiger partial charge in [-0.05, 0) is 57.8 Å². The minimum Gasteiger partial charge on any atom is -0.462 e. The first-order valence-electron chi connectivity index (χ1n) is 21.9. The van der Waals surface area contributed by atoms with E-state index >= 15 is 0 Å². The fourth-order valence-electron chi connectivity index (χ4n) is 5.34. The number of esters is 2. The summed E-state index contributed by atoms with van der Waals surface area (Å²) in [5.41, 5.74) is 0. The number of hydrogen-bond acceptors (Lipinski definition) is 12. The highest BCUT2D eigenvalue weighted by molar-refractivity contribution is 7.47. The molecule has 0 radical (unpaired) electrons. The van der Waals surface area contributed by atoms with Gasteiger partial charge < -0.3 is 39.9 Å². The summed E-state index contributed by atoms with van der Waals surface area (Å²) < 4.78 is 32.5. The van der Waals surface area contributed by atoms with Crippen LogP contribution >= 0.6 is 7.82 Å². The highest BCUT2D eigenvalue weighted by Gasteiger charge is 2.27. The number of allylic oxidation sites excluding steroid dienone is 10. The number of unbranched alkanes of at least 4 members (excludes halogenated alkanes) is 11. The molecule has 0 heterocycles. The third kappa shape index (κ3) is 38.0. The van der Waals surface area contributed by atoms with Crippen LogP contribution in [0.5, 0.6) is 0 Å². The molecule has 0 aliphatic rings. The van der Waals surface area contributed by atoms with Gasteiger partial charge in [0.15, 0.2) is 6.10 Å². The molecular weight excluding hydrogens is 791 g/mol. The molecule has 0 aromatic heterocycles. The van der Waals surface area contributed by atoms with E-state index in [2.05, 4.69) is 23.6 Å². The minimum atomic E-state index is -4.69. The van der Waals surface area contributed by atoms with Crippen molar-refractivity contribution in [3.8, 4) is 0 Å². The van der Waals surface area contributed by atoms with Crippen LogP contribution in [0.4, 0.5) is 0 Å². The zero-order valence-corrected chi connectivity index (χ0v) is 37.1. The van der Waals surface area contributed by atoms with Gasteiger partial charge in [-0.2, -0.15) is 0 Å². The van der Waals surface area contributed by atoms with E-state index in [0.29, 0.717) is 19.3 Å². The summed E-state index contributed by atoms with van der Waals surface area (Å²) in [6.07, 6.45) is 36.5. The molecule has 6 atom stereocenters. The van der Waals surface area contributed by atoms with Crippen LogP contribution in [0.2, 0.25) is 0 Å². The van der Waals surface area contributed by atoms with Gasteiger partial charge in [0.05, 0.1) is 38.1 Å². The molecule has 6 unspecified atom stereocenters. The Kier molecular flexibility index (Phi) is 38.1. The maximum absolute atomic E-state index is 12.6. The molecule has 0 saturated carbocycles. The maximum atomic E-state index is 12.6. The summed E-state index contributed by atoms with van der Waals surface area (Å²) >= 11 is 0. The third-order valence-corrected chi connectivity index (χ3v) is 9.82. The summed E-state index contributed by atoms with van der Waals surface area (Å²) in [4.78, 5) is 35.0. The lowest BCUT2D eigenvalue weighted by Gasteiger charge is -2.20. The van der Waals surface area contributed by atoms with Crippen LogP contribution in [-0.4, -0.2) is 99.3 Å². The average molecular weight is 869 g/mol. The Labute approximate surface area is 359 Å². The smallest absolute Gasteiger partial charge is 0.462 e. The average Bonchev–Trinajstić information content (AvgIpc) is 3.23. The molecule has 0 bridgehead atoms. The number of rotatable bonds is 39. The Hall–Kier alpha value is -2.97. The van der Waals surface area contributed by atoms with Crippen molar-refractivity contribution in [1.82, 2.24) is 0 Å². The summed E-state index contributed by atoms with van der Waals surface area (Å²) in [5, 5.41) is 48.4. The number of aliphatic hydroxyl groups excluding tert-OH is 5. The summed E-state index contributed by atoms with van der Waals surface area (Å²) in [6, 6.07) is 0. The van der Waals surface area contributed by atoms with Gasteiger partial charge in [-0.25, -0.2) is 4.57 Å². The number of ether oxygens (including phenoxy) is 2. The van der Waals surface area contributed by atoms with Crippen LogP contribution in [0.1, 0.15) is 136 Å². The predicted octanol–water partition coefficient (Wildman–Crippen LogP) is 8.36. The van der Waals surface area contributed by atoms with Crippen molar-refractivity contribution in [1.29, 1.82) is 0 Å². The van der Waals surface area contributed by atoms with Crippen molar-refractivity contribution in [3.05, 3.63) is 85.1 Å². The second-order valence-electron chi connectivity index (χ2n) is 14.6. The molecule has 0 rings (SSSR count). The molecular formula is C46H77O13P. The van der Waals surface area contributed by atoms with E-state index in [-0.39, 0.29) is 19.3 Å². The van der Waals surface area contributed by atoms with Crippen LogP contribution in [0.25, 0.3) is 0 Å². The molecule has 0 saturated heterocycles. The van der Waals surface area contributed by atoms with E-state index in [0.717, 1.165) is 44.9 Å². The molecule has 0 aromatic carbocycles. The predicted molar refractivity (Wildman–Crippen MR) is 237 cm³/mol. The lowest BCUT2D eigenvalue weighted by atomic mass is 10.1. The summed E-state index contributed by atoms with van der Waals surface area (Å²) in [7, 11) is -4.69. The molecule has 60 heavy (non-hydrogen) atoms. The second kappa shape index (κ2) is 40.1. The molecule has 0 spiro atoms. The first-order chi connectivity index (χ1) is 28.9. The second-order valence-corrected chi connectivity index (χ2v) is 16.0. The number of carbonyl (C=O) groups is 2. The number of carbonyl (C=O) groups excluding carboxylic acids is 2. The molecule has 344 valence electrons. The highest BCUT2D eigenvalue weighted by Crippen LogP contribution is 2.43.